The maximum atomic E-state index is 11.8. The summed E-state index contributed by atoms with van der Waals surface area (Å²) < 4.78 is 5.38. The first-order chi connectivity index (χ1) is 10.3. The Balaban J connectivity index is 1.73. The largest absolute Gasteiger partial charge is 0.494 e. The van der Waals surface area contributed by atoms with Gasteiger partial charge < -0.3 is 10.1 Å². The number of nitrogens with zero attached hydrogens (tertiary/aromatic N) is 1. The number of amides is 1. The number of hydrogen-bond acceptors (Lipinski definition) is 4. The molecule has 1 aromatic carbocycles. The highest BCUT2D eigenvalue weighted by atomic mass is 32.2. The standard InChI is InChI=1S/C16H18N2O2S/c1-2-20-14-5-7-15(8-6-14)21-12-16(19)18-11-13-4-3-9-17-10-13/h3-10H,2,11-12H2,1H3,(H,18,19). The van der Waals surface area contributed by atoms with E-state index in [4.69, 9.17) is 4.74 Å². The minimum atomic E-state index is 0.0118. The highest BCUT2D eigenvalue weighted by Gasteiger charge is 2.03. The number of thioether (sulfide) groups is 1. The van der Waals surface area contributed by atoms with Gasteiger partial charge >= 0.3 is 0 Å². The predicted octanol–water partition coefficient (Wildman–Crippen LogP) is 2.89. The predicted molar refractivity (Wildman–Crippen MR) is 84.4 cm³/mol. The lowest BCUT2D eigenvalue weighted by Crippen LogP contribution is -2.24. The molecular formula is C16H18N2O2S. The minimum Gasteiger partial charge on any atom is -0.494 e. The SMILES string of the molecule is CCOc1ccc(SCC(=O)NCc2cccnc2)cc1. The van der Waals surface area contributed by atoms with E-state index >= 15 is 0 Å². The molecule has 4 nitrogen and oxygen atoms in total. The molecule has 1 N–H and O–H groups in total. The molecule has 0 spiro atoms. The van der Waals surface area contributed by atoms with E-state index in [-0.39, 0.29) is 5.91 Å². The molecule has 0 saturated heterocycles. The Hall–Kier alpha value is -2.01. The Bertz CT molecular complexity index is 558. The van der Waals surface area contributed by atoms with Crippen LogP contribution in [0.5, 0.6) is 5.75 Å². The van der Waals surface area contributed by atoms with E-state index in [1.807, 2.05) is 43.3 Å². The average molecular weight is 302 g/mol. The summed E-state index contributed by atoms with van der Waals surface area (Å²) in [6.07, 6.45) is 3.47. The molecule has 0 fully saturated rings. The van der Waals surface area contributed by atoms with E-state index in [1.165, 1.54) is 11.8 Å². The summed E-state index contributed by atoms with van der Waals surface area (Å²) in [6.45, 7) is 3.12. The summed E-state index contributed by atoms with van der Waals surface area (Å²) in [5.41, 5.74) is 0.997. The summed E-state index contributed by atoms with van der Waals surface area (Å²) >= 11 is 1.51. The van der Waals surface area contributed by atoms with Crippen molar-refractivity contribution in [2.45, 2.75) is 18.4 Å². The topological polar surface area (TPSA) is 51.2 Å². The summed E-state index contributed by atoms with van der Waals surface area (Å²) in [5.74, 6) is 1.26. The molecule has 5 heteroatoms. The first kappa shape index (κ1) is 15.4. The van der Waals surface area contributed by atoms with Crippen molar-refractivity contribution in [3.63, 3.8) is 0 Å². The number of nitrogens with one attached hydrogen (secondary N) is 1. The minimum absolute atomic E-state index is 0.0118. The molecule has 0 aliphatic heterocycles. The van der Waals surface area contributed by atoms with Gasteiger partial charge in [0.1, 0.15) is 5.75 Å². The molecule has 0 aliphatic rings. The van der Waals surface area contributed by atoms with Crippen LogP contribution in [0.2, 0.25) is 0 Å². The van der Waals surface area contributed by atoms with Gasteiger partial charge in [-0.3, -0.25) is 9.78 Å². The molecular weight excluding hydrogens is 284 g/mol. The Labute approximate surface area is 128 Å². The van der Waals surface area contributed by atoms with Crippen LogP contribution < -0.4 is 10.1 Å². The molecule has 0 radical (unpaired) electrons. The smallest absolute Gasteiger partial charge is 0.230 e. The van der Waals surface area contributed by atoms with Gasteiger partial charge in [-0.2, -0.15) is 0 Å². The third kappa shape index (κ3) is 5.47. The van der Waals surface area contributed by atoms with E-state index in [0.717, 1.165) is 16.2 Å². The number of carbonyl (C=O) groups is 1. The maximum Gasteiger partial charge on any atom is 0.230 e. The van der Waals surface area contributed by atoms with Crippen molar-refractivity contribution < 1.29 is 9.53 Å². The third-order valence-corrected chi connectivity index (χ3v) is 3.73. The fourth-order valence-electron chi connectivity index (χ4n) is 1.70. The number of rotatable bonds is 7. The first-order valence-corrected chi connectivity index (χ1v) is 7.77. The van der Waals surface area contributed by atoms with Crippen molar-refractivity contribution >= 4 is 17.7 Å². The van der Waals surface area contributed by atoms with Crippen molar-refractivity contribution in [3.05, 3.63) is 54.4 Å². The van der Waals surface area contributed by atoms with Gasteiger partial charge in [0.2, 0.25) is 5.91 Å². The van der Waals surface area contributed by atoms with Crippen molar-refractivity contribution in [1.29, 1.82) is 0 Å². The number of benzene rings is 1. The zero-order chi connectivity index (χ0) is 14.9. The van der Waals surface area contributed by atoms with Crippen LogP contribution in [-0.4, -0.2) is 23.3 Å². The molecule has 1 amide bonds. The number of pyridine rings is 1. The molecule has 1 aromatic heterocycles. The summed E-state index contributed by atoms with van der Waals surface area (Å²) in [6, 6.07) is 11.6. The van der Waals surface area contributed by atoms with Crippen LogP contribution in [0.15, 0.2) is 53.7 Å². The van der Waals surface area contributed by atoms with Gasteiger partial charge in [0.05, 0.1) is 12.4 Å². The number of ether oxygens (including phenoxy) is 1. The summed E-state index contributed by atoms with van der Waals surface area (Å²) in [7, 11) is 0. The molecule has 0 aliphatic carbocycles. The van der Waals surface area contributed by atoms with Gasteiger partial charge in [-0.15, -0.1) is 11.8 Å². The van der Waals surface area contributed by atoms with Crippen molar-refractivity contribution in [3.8, 4) is 5.75 Å². The van der Waals surface area contributed by atoms with E-state index in [2.05, 4.69) is 10.3 Å². The second-order valence-electron chi connectivity index (χ2n) is 4.33. The third-order valence-electron chi connectivity index (χ3n) is 2.72. The van der Waals surface area contributed by atoms with Crippen LogP contribution in [0.3, 0.4) is 0 Å². The van der Waals surface area contributed by atoms with E-state index < -0.39 is 0 Å². The van der Waals surface area contributed by atoms with Crippen LogP contribution >= 0.6 is 11.8 Å². The van der Waals surface area contributed by atoms with Gasteiger partial charge in [-0.25, -0.2) is 0 Å². The van der Waals surface area contributed by atoms with Crippen LogP contribution in [0.25, 0.3) is 0 Å². The van der Waals surface area contributed by atoms with Crippen molar-refractivity contribution in [2.24, 2.45) is 0 Å². The Kier molecular flexibility index (Phi) is 6.09. The van der Waals surface area contributed by atoms with E-state index in [9.17, 15) is 4.79 Å². The highest BCUT2D eigenvalue weighted by molar-refractivity contribution is 8.00. The second kappa shape index (κ2) is 8.32. The summed E-state index contributed by atoms with van der Waals surface area (Å²) in [4.78, 5) is 16.8. The lowest BCUT2D eigenvalue weighted by molar-refractivity contribution is -0.118. The van der Waals surface area contributed by atoms with E-state index in [0.29, 0.717) is 18.9 Å². The van der Waals surface area contributed by atoms with Crippen molar-refractivity contribution in [2.75, 3.05) is 12.4 Å². The molecule has 0 atom stereocenters. The zero-order valence-electron chi connectivity index (χ0n) is 11.9. The molecule has 0 unspecified atom stereocenters. The molecule has 1 heterocycles. The Morgan fingerprint density at radius 2 is 2.10 bits per heavy atom. The quantitative estimate of drug-likeness (QED) is 0.799. The van der Waals surface area contributed by atoms with Crippen LogP contribution in [0, 0.1) is 0 Å². The van der Waals surface area contributed by atoms with Gasteiger partial charge in [-0.05, 0) is 42.8 Å². The van der Waals surface area contributed by atoms with Gasteiger partial charge in [0.15, 0.2) is 0 Å². The molecule has 0 bridgehead atoms. The molecule has 0 saturated carbocycles. The fraction of sp³-hybridized carbons (Fsp3) is 0.250. The second-order valence-corrected chi connectivity index (χ2v) is 5.38. The maximum absolute atomic E-state index is 11.8. The van der Waals surface area contributed by atoms with E-state index in [1.54, 1.807) is 12.4 Å². The number of aromatic nitrogens is 1. The average Bonchev–Trinajstić information content (AvgIpc) is 2.53. The molecule has 110 valence electrons. The molecule has 2 aromatic rings. The van der Waals surface area contributed by atoms with Gasteiger partial charge in [-0.1, -0.05) is 6.07 Å². The lowest BCUT2D eigenvalue weighted by atomic mass is 10.3. The van der Waals surface area contributed by atoms with Crippen LogP contribution in [0.4, 0.5) is 0 Å². The molecule has 21 heavy (non-hydrogen) atoms. The fourth-order valence-corrected chi connectivity index (χ4v) is 2.43. The number of carbonyl (C=O) groups excluding carboxylic acids is 1. The Morgan fingerprint density at radius 1 is 1.29 bits per heavy atom. The van der Waals surface area contributed by atoms with Gasteiger partial charge in [0.25, 0.3) is 0 Å². The first-order valence-electron chi connectivity index (χ1n) is 6.79. The van der Waals surface area contributed by atoms with Crippen molar-refractivity contribution in [1.82, 2.24) is 10.3 Å². The Morgan fingerprint density at radius 3 is 2.76 bits per heavy atom. The lowest BCUT2D eigenvalue weighted by Gasteiger charge is -2.06. The number of hydrogen-bond donors (Lipinski definition) is 1. The monoisotopic (exact) mass is 302 g/mol. The van der Waals surface area contributed by atoms with Crippen LogP contribution in [-0.2, 0) is 11.3 Å². The summed E-state index contributed by atoms with van der Waals surface area (Å²) in [5, 5.41) is 2.88. The van der Waals surface area contributed by atoms with Gasteiger partial charge in [0, 0.05) is 23.8 Å². The van der Waals surface area contributed by atoms with Crippen LogP contribution in [0.1, 0.15) is 12.5 Å². The molecule has 2 rings (SSSR count). The highest BCUT2D eigenvalue weighted by Crippen LogP contribution is 2.21. The zero-order valence-corrected chi connectivity index (χ0v) is 12.7. The normalized spacial score (nSPS) is 10.1.